The van der Waals surface area contributed by atoms with E-state index in [1.807, 2.05) is 18.7 Å². The first kappa shape index (κ1) is 16.6. The fourth-order valence-corrected chi connectivity index (χ4v) is 3.31. The van der Waals surface area contributed by atoms with Crippen LogP contribution in [-0.4, -0.2) is 42.3 Å². The van der Waals surface area contributed by atoms with Gasteiger partial charge in [-0.15, -0.1) is 0 Å². The van der Waals surface area contributed by atoms with Crippen molar-refractivity contribution in [2.75, 3.05) is 19.6 Å². The molecular formula is C15H24F3N3. The molecule has 2 aliphatic rings. The van der Waals surface area contributed by atoms with Crippen molar-refractivity contribution in [3.8, 4) is 6.07 Å². The molecule has 0 amide bonds. The summed E-state index contributed by atoms with van der Waals surface area (Å²) in [6, 6.07) is 2.62. The molecule has 0 aromatic heterocycles. The fraction of sp³-hybridized carbons (Fsp3) is 0.933. The molecule has 0 aromatic rings. The molecule has 1 atom stereocenters. The van der Waals surface area contributed by atoms with Crippen molar-refractivity contribution in [2.24, 2.45) is 11.8 Å². The highest BCUT2D eigenvalue weighted by atomic mass is 19.4. The van der Waals surface area contributed by atoms with Gasteiger partial charge < -0.3 is 4.90 Å². The zero-order valence-corrected chi connectivity index (χ0v) is 12.7. The average molecular weight is 303 g/mol. The highest BCUT2D eigenvalue weighted by Gasteiger charge is 2.48. The van der Waals surface area contributed by atoms with Gasteiger partial charge in [0.1, 0.15) is 5.54 Å². The molecule has 0 aromatic carbocycles. The van der Waals surface area contributed by atoms with Gasteiger partial charge in [0, 0.05) is 12.6 Å². The van der Waals surface area contributed by atoms with Crippen molar-refractivity contribution in [1.29, 1.82) is 5.26 Å². The summed E-state index contributed by atoms with van der Waals surface area (Å²) in [4.78, 5) is 2.03. The number of nitrogens with zero attached hydrogens (tertiary/aromatic N) is 2. The molecule has 120 valence electrons. The molecule has 6 heteroatoms. The van der Waals surface area contributed by atoms with Crippen LogP contribution < -0.4 is 5.32 Å². The van der Waals surface area contributed by atoms with Crippen LogP contribution in [0.1, 0.15) is 39.5 Å². The minimum atomic E-state index is -4.08. The highest BCUT2D eigenvalue weighted by Crippen LogP contribution is 2.41. The molecule has 21 heavy (non-hydrogen) atoms. The summed E-state index contributed by atoms with van der Waals surface area (Å²) in [6.07, 6.45) is -1.71. The minimum absolute atomic E-state index is 0.150. The molecule has 1 aliphatic carbocycles. The number of hydrogen-bond acceptors (Lipinski definition) is 3. The Labute approximate surface area is 124 Å². The van der Waals surface area contributed by atoms with Crippen molar-refractivity contribution < 1.29 is 13.2 Å². The Hall–Kier alpha value is -0.800. The summed E-state index contributed by atoms with van der Waals surface area (Å²) in [5.41, 5.74) is -0.598. The second kappa shape index (κ2) is 6.13. The third-order valence-corrected chi connectivity index (χ3v) is 4.54. The number of piperidine rings is 1. The molecule has 3 nitrogen and oxygen atoms in total. The topological polar surface area (TPSA) is 39.1 Å². The summed E-state index contributed by atoms with van der Waals surface area (Å²) >= 11 is 0. The molecule has 1 unspecified atom stereocenters. The van der Waals surface area contributed by atoms with Crippen molar-refractivity contribution in [1.82, 2.24) is 10.2 Å². The molecule has 0 spiro atoms. The first-order valence-corrected chi connectivity index (χ1v) is 7.75. The fourth-order valence-electron chi connectivity index (χ4n) is 3.31. The molecule has 2 rings (SSSR count). The van der Waals surface area contributed by atoms with E-state index in [-0.39, 0.29) is 18.9 Å². The predicted octanol–water partition coefficient (Wildman–Crippen LogP) is 2.93. The van der Waals surface area contributed by atoms with Gasteiger partial charge in [0.25, 0.3) is 0 Å². The van der Waals surface area contributed by atoms with E-state index >= 15 is 0 Å². The van der Waals surface area contributed by atoms with E-state index in [2.05, 4.69) is 11.4 Å². The Balaban J connectivity index is 1.95. The number of alkyl halides is 3. The number of nitrogens with one attached hydrogen (secondary N) is 1. The minimum Gasteiger partial charge on any atom is -0.300 e. The summed E-state index contributed by atoms with van der Waals surface area (Å²) in [5.74, 6) is -0.838. The maximum atomic E-state index is 12.7. The van der Waals surface area contributed by atoms with Gasteiger partial charge in [-0.3, -0.25) is 5.32 Å². The molecule has 1 saturated heterocycles. The summed E-state index contributed by atoms with van der Waals surface area (Å²) < 4.78 is 38.1. The van der Waals surface area contributed by atoms with Gasteiger partial charge >= 0.3 is 6.18 Å². The van der Waals surface area contributed by atoms with Crippen LogP contribution in [-0.2, 0) is 0 Å². The lowest BCUT2D eigenvalue weighted by molar-refractivity contribution is -0.185. The average Bonchev–Trinajstić information content (AvgIpc) is 3.21. The maximum Gasteiger partial charge on any atom is 0.391 e. The molecule has 1 heterocycles. The van der Waals surface area contributed by atoms with Crippen LogP contribution in [0.15, 0.2) is 0 Å². The summed E-state index contributed by atoms with van der Waals surface area (Å²) in [5, 5.41) is 13.0. The zero-order valence-electron chi connectivity index (χ0n) is 12.7. The lowest BCUT2D eigenvalue weighted by Gasteiger charge is -2.39. The van der Waals surface area contributed by atoms with Crippen LogP contribution in [0.3, 0.4) is 0 Å². The van der Waals surface area contributed by atoms with Gasteiger partial charge in [0.05, 0.1) is 12.0 Å². The second-order valence-electron chi connectivity index (χ2n) is 6.75. The van der Waals surface area contributed by atoms with Crippen LogP contribution in [0.25, 0.3) is 0 Å². The van der Waals surface area contributed by atoms with Gasteiger partial charge in [-0.1, -0.05) is 0 Å². The van der Waals surface area contributed by atoms with Crippen molar-refractivity contribution in [3.05, 3.63) is 0 Å². The largest absolute Gasteiger partial charge is 0.391 e. The van der Waals surface area contributed by atoms with Gasteiger partial charge in [-0.05, 0) is 58.5 Å². The van der Waals surface area contributed by atoms with E-state index < -0.39 is 17.6 Å². The van der Waals surface area contributed by atoms with Gasteiger partial charge in [-0.25, -0.2) is 0 Å². The molecule has 1 aliphatic heterocycles. The van der Waals surface area contributed by atoms with E-state index in [4.69, 9.17) is 0 Å². The van der Waals surface area contributed by atoms with Crippen LogP contribution in [0.2, 0.25) is 0 Å². The summed E-state index contributed by atoms with van der Waals surface area (Å²) in [6.45, 7) is 5.41. The first-order valence-electron chi connectivity index (χ1n) is 7.75. The van der Waals surface area contributed by atoms with Gasteiger partial charge in [0.2, 0.25) is 0 Å². The highest BCUT2D eigenvalue weighted by molar-refractivity contribution is 5.17. The van der Waals surface area contributed by atoms with Crippen LogP contribution in [0, 0.1) is 23.2 Å². The Kier molecular flexibility index (Phi) is 4.84. The van der Waals surface area contributed by atoms with Crippen molar-refractivity contribution in [2.45, 2.75) is 57.3 Å². The van der Waals surface area contributed by atoms with E-state index in [0.29, 0.717) is 25.6 Å². The number of rotatable bonds is 5. The third kappa shape index (κ3) is 4.10. The zero-order chi connectivity index (χ0) is 15.7. The quantitative estimate of drug-likeness (QED) is 0.849. The predicted molar refractivity (Wildman–Crippen MR) is 74.6 cm³/mol. The standard InChI is InChI=1S/C15H24F3N3/c1-11(2)20-14(9-19,12-3-4-12)10-21-7-5-13(6-8-21)15(16,17)18/h11-13,20H,3-8,10H2,1-2H3. The van der Waals surface area contributed by atoms with E-state index in [1.54, 1.807) is 0 Å². The van der Waals surface area contributed by atoms with E-state index in [9.17, 15) is 18.4 Å². The molecular weight excluding hydrogens is 279 g/mol. The number of hydrogen-bond donors (Lipinski definition) is 1. The smallest absolute Gasteiger partial charge is 0.300 e. The molecule has 0 radical (unpaired) electrons. The molecule has 0 bridgehead atoms. The first-order chi connectivity index (χ1) is 9.77. The number of likely N-dealkylation sites (tertiary alicyclic amines) is 1. The van der Waals surface area contributed by atoms with E-state index in [1.165, 1.54) is 0 Å². The van der Waals surface area contributed by atoms with Crippen LogP contribution in [0.4, 0.5) is 13.2 Å². The lowest BCUT2D eigenvalue weighted by Crippen LogP contribution is -2.57. The number of halogens is 3. The molecule has 2 fully saturated rings. The Morgan fingerprint density at radius 3 is 2.10 bits per heavy atom. The Morgan fingerprint density at radius 1 is 1.14 bits per heavy atom. The monoisotopic (exact) mass is 303 g/mol. The molecule has 1 N–H and O–H groups in total. The van der Waals surface area contributed by atoms with Gasteiger partial charge in [0.15, 0.2) is 0 Å². The normalized spacial score (nSPS) is 24.8. The Morgan fingerprint density at radius 2 is 1.71 bits per heavy atom. The van der Waals surface area contributed by atoms with Crippen molar-refractivity contribution in [3.63, 3.8) is 0 Å². The maximum absolute atomic E-state index is 12.7. The second-order valence-corrected chi connectivity index (χ2v) is 6.75. The number of nitriles is 1. The third-order valence-electron chi connectivity index (χ3n) is 4.54. The van der Waals surface area contributed by atoms with Crippen LogP contribution >= 0.6 is 0 Å². The lowest BCUT2D eigenvalue weighted by atomic mass is 9.90. The van der Waals surface area contributed by atoms with Gasteiger partial charge in [-0.2, -0.15) is 18.4 Å². The summed E-state index contributed by atoms with van der Waals surface area (Å²) in [7, 11) is 0. The van der Waals surface area contributed by atoms with Crippen molar-refractivity contribution >= 4 is 0 Å². The molecule has 1 saturated carbocycles. The SMILES string of the molecule is CC(C)NC(C#N)(CN1CCC(C(F)(F)F)CC1)C1CC1. The van der Waals surface area contributed by atoms with Crippen LogP contribution in [0.5, 0.6) is 0 Å². The Bertz CT molecular complexity index is 390. The van der Waals surface area contributed by atoms with E-state index in [0.717, 1.165) is 12.8 Å².